The third kappa shape index (κ3) is 21.0. The molecule has 10 amide bonds. The van der Waals surface area contributed by atoms with Crippen molar-refractivity contribution in [2.45, 2.75) is 113 Å². The number of benzene rings is 3. The van der Waals surface area contributed by atoms with Crippen molar-refractivity contribution in [1.29, 1.82) is 0 Å². The van der Waals surface area contributed by atoms with Crippen LogP contribution >= 0.6 is 0 Å². The number of aliphatic hydroxyl groups excluding tert-OH is 1. The Morgan fingerprint density at radius 3 is 1.71 bits per heavy atom. The molecule has 1 fully saturated rings. The number of nitrogens with zero attached hydrogens (tertiary/aromatic N) is 1. The second-order valence-electron chi connectivity index (χ2n) is 18.8. The van der Waals surface area contributed by atoms with E-state index in [0.717, 1.165) is 4.90 Å². The van der Waals surface area contributed by atoms with Crippen LogP contribution in [0.4, 0.5) is 0 Å². The Kier molecular flexibility index (Phi) is 25.1. The van der Waals surface area contributed by atoms with Gasteiger partial charge in [-0.15, -0.1) is 0 Å². The van der Waals surface area contributed by atoms with Crippen molar-refractivity contribution in [3.05, 3.63) is 95.6 Å². The van der Waals surface area contributed by atoms with E-state index in [-0.39, 0.29) is 63.1 Å². The highest BCUT2D eigenvalue weighted by atomic mass is 16.4. The number of nitrogens with one attached hydrogen (secondary N) is 8. The first kappa shape index (κ1) is 62.8. The molecule has 0 bridgehead atoms. The minimum Gasteiger partial charge on any atom is -0.508 e. The summed E-state index contributed by atoms with van der Waals surface area (Å²) in [6.45, 7) is -0.826. The number of nitrogens with two attached hydrogens (primary N) is 3. The van der Waals surface area contributed by atoms with Crippen LogP contribution in [0.2, 0.25) is 0 Å². The molecule has 27 heteroatoms. The van der Waals surface area contributed by atoms with E-state index in [2.05, 4.69) is 42.5 Å². The van der Waals surface area contributed by atoms with Crippen molar-refractivity contribution >= 4 is 65.0 Å². The monoisotopic (exact) mass is 1100 g/mol. The molecule has 0 saturated carbocycles. The topological polar surface area (TPSA) is 446 Å². The van der Waals surface area contributed by atoms with E-state index < -0.39 is 139 Å². The standard InChI is InChI=1S/C52H70N12O15/c1-29(45(71)62-39(52(78)79)24-32-14-18-34(67)19-15-32)58-48(74)37(23-30-8-3-2-4-9-30)59-44(70)27-57-47(73)36(10-5-6-20-53)61-50(76)41-11-7-21-64(41)51(77)40(28-65)63-49(75)38(25-42(55)68)60-43(69)26-56-46(72)35(54)22-31-12-16-33(66)17-13-31/h2-4,8-9,12-19,29,35-41,65-67H,5-7,10-11,20-28,53-54H2,1H3,(H2,55,68)(H,56,72)(H,57,73)(H,58,74)(H,59,70)(H,60,69)(H,61,76)(H,62,71)(H,63,75)(H,78,79)/t29-,35-,36-,37-,38-,39-,40-,41-/m0/s1. The van der Waals surface area contributed by atoms with Crippen molar-refractivity contribution in [2.24, 2.45) is 17.2 Å². The molecule has 3 aromatic carbocycles. The number of carboxylic acid groups (broad SMARTS) is 1. The molecule has 428 valence electrons. The first-order valence-corrected chi connectivity index (χ1v) is 25.4. The summed E-state index contributed by atoms with van der Waals surface area (Å²) in [6.07, 6.45) is 0.300. The number of amides is 10. The van der Waals surface area contributed by atoms with Crippen LogP contribution in [0.5, 0.6) is 11.5 Å². The number of carbonyl (C=O) groups excluding carboxylic acids is 10. The molecule has 1 saturated heterocycles. The molecule has 0 unspecified atom stereocenters. The maximum atomic E-state index is 13.9. The van der Waals surface area contributed by atoms with Crippen molar-refractivity contribution < 1.29 is 73.2 Å². The summed E-state index contributed by atoms with van der Waals surface area (Å²) < 4.78 is 0. The van der Waals surface area contributed by atoms with Crippen molar-refractivity contribution in [3.8, 4) is 11.5 Å². The van der Waals surface area contributed by atoms with Crippen molar-refractivity contribution in [1.82, 2.24) is 47.4 Å². The number of phenolic OH excluding ortho intramolecular Hbond substituents is 2. The van der Waals surface area contributed by atoms with Gasteiger partial charge < -0.3 is 85.1 Å². The number of primary amides is 1. The second kappa shape index (κ2) is 31.5. The van der Waals surface area contributed by atoms with Gasteiger partial charge in [0.05, 0.1) is 32.2 Å². The van der Waals surface area contributed by atoms with Gasteiger partial charge in [0.2, 0.25) is 59.1 Å². The van der Waals surface area contributed by atoms with Crippen LogP contribution in [0.15, 0.2) is 78.9 Å². The minimum atomic E-state index is -1.70. The van der Waals surface area contributed by atoms with Crippen LogP contribution < -0.4 is 59.7 Å². The summed E-state index contributed by atoms with van der Waals surface area (Å²) in [5.74, 6) is -10.2. The number of hydrogen-bond acceptors (Lipinski definition) is 16. The summed E-state index contributed by atoms with van der Waals surface area (Å²) in [5.41, 5.74) is 18.7. The van der Waals surface area contributed by atoms with Crippen LogP contribution in [0.25, 0.3) is 0 Å². The molecule has 79 heavy (non-hydrogen) atoms. The van der Waals surface area contributed by atoms with Gasteiger partial charge in [-0.25, -0.2) is 4.79 Å². The van der Waals surface area contributed by atoms with E-state index in [1.807, 2.05) is 0 Å². The predicted molar refractivity (Wildman–Crippen MR) is 281 cm³/mol. The van der Waals surface area contributed by atoms with Gasteiger partial charge in [-0.1, -0.05) is 54.6 Å². The highest BCUT2D eigenvalue weighted by Crippen LogP contribution is 2.20. The number of likely N-dealkylation sites (tertiary alicyclic amines) is 1. The SMILES string of the molecule is C[C@H](NC(=O)[C@H](Cc1ccccc1)NC(=O)CNC(=O)[C@H](CCCCN)NC(=O)[C@@H]1CCCN1C(=O)[C@H](CO)NC(=O)[C@H](CC(N)=O)NC(=O)CNC(=O)[C@@H](N)Cc1ccc(O)cc1)C(=O)N[C@@H](Cc1ccc(O)cc1)C(=O)O. The van der Waals surface area contributed by atoms with E-state index in [9.17, 15) is 73.2 Å². The average Bonchev–Trinajstić information content (AvgIpc) is 3.93. The second-order valence-corrected chi connectivity index (χ2v) is 18.8. The minimum absolute atomic E-state index is 0.0103. The van der Waals surface area contributed by atoms with Gasteiger partial charge in [0.15, 0.2) is 0 Å². The summed E-state index contributed by atoms with van der Waals surface area (Å²) in [7, 11) is 0. The Labute approximate surface area is 454 Å². The van der Waals surface area contributed by atoms with Crippen molar-refractivity contribution in [2.75, 3.05) is 32.8 Å². The molecule has 0 radical (unpaired) electrons. The number of aliphatic hydroxyl groups is 1. The van der Waals surface area contributed by atoms with Gasteiger partial charge >= 0.3 is 5.97 Å². The number of rotatable bonds is 31. The first-order chi connectivity index (χ1) is 37.6. The Morgan fingerprint density at radius 2 is 1.14 bits per heavy atom. The Morgan fingerprint density at radius 1 is 0.608 bits per heavy atom. The molecular formula is C52H70N12O15. The maximum Gasteiger partial charge on any atom is 0.326 e. The fourth-order valence-electron chi connectivity index (χ4n) is 8.26. The third-order valence-electron chi connectivity index (χ3n) is 12.5. The van der Waals surface area contributed by atoms with E-state index in [1.54, 1.807) is 42.5 Å². The number of aromatic hydroxyl groups is 2. The molecule has 18 N–H and O–H groups in total. The number of unbranched alkanes of at least 4 members (excludes halogenated alkanes) is 1. The van der Waals surface area contributed by atoms with Crippen LogP contribution in [-0.4, -0.2) is 171 Å². The fraction of sp³-hybridized carbons (Fsp3) is 0.442. The van der Waals surface area contributed by atoms with E-state index in [4.69, 9.17) is 17.2 Å². The number of hydrogen-bond donors (Lipinski definition) is 15. The lowest BCUT2D eigenvalue weighted by molar-refractivity contribution is -0.143. The van der Waals surface area contributed by atoms with Crippen LogP contribution in [-0.2, 0) is 72.0 Å². The predicted octanol–water partition coefficient (Wildman–Crippen LogP) is -4.31. The number of aliphatic carboxylic acids is 1. The molecule has 3 aromatic rings. The summed E-state index contributed by atoms with van der Waals surface area (Å²) >= 11 is 0. The van der Waals surface area contributed by atoms with Crippen LogP contribution in [0.3, 0.4) is 0 Å². The summed E-state index contributed by atoms with van der Waals surface area (Å²) in [5, 5.41) is 58.5. The normalized spacial score (nSPS) is 15.5. The fourth-order valence-corrected chi connectivity index (χ4v) is 8.26. The van der Waals surface area contributed by atoms with Gasteiger partial charge in [0, 0.05) is 19.4 Å². The molecule has 27 nitrogen and oxygen atoms in total. The molecule has 0 aliphatic carbocycles. The first-order valence-electron chi connectivity index (χ1n) is 25.4. The molecule has 0 spiro atoms. The van der Waals surface area contributed by atoms with Crippen LogP contribution in [0.1, 0.15) is 62.1 Å². The highest BCUT2D eigenvalue weighted by molar-refractivity contribution is 5.98. The summed E-state index contributed by atoms with van der Waals surface area (Å²) in [6, 6.07) is 9.20. The van der Waals surface area contributed by atoms with Crippen LogP contribution in [0, 0.1) is 0 Å². The molecule has 4 rings (SSSR count). The van der Waals surface area contributed by atoms with Gasteiger partial charge in [0.1, 0.15) is 53.8 Å². The maximum absolute atomic E-state index is 13.9. The van der Waals surface area contributed by atoms with E-state index in [1.165, 1.54) is 43.3 Å². The van der Waals surface area contributed by atoms with Gasteiger partial charge in [-0.3, -0.25) is 47.9 Å². The number of phenols is 2. The van der Waals surface area contributed by atoms with E-state index in [0.29, 0.717) is 29.5 Å². The lowest BCUT2D eigenvalue weighted by atomic mass is 10.0. The largest absolute Gasteiger partial charge is 0.508 e. The molecule has 0 aromatic heterocycles. The highest BCUT2D eigenvalue weighted by Gasteiger charge is 2.40. The zero-order valence-electron chi connectivity index (χ0n) is 43.5. The lowest BCUT2D eigenvalue weighted by Crippen LogP contribution is -2.59. The smallest absolute Gasteiger partial charge is 0.326 e. The van der Waals surface area contributed by atoms with Gasteiger partial charge in [-0.05, 0) is 92.9 Å². The molecular weight excluding hydrogens is 1030 g/mol. The van der Waals surface area contributed by atoms with Gasteiger partial charge in [-0.2, -0.15) is 0 Å². The Hall–Kier alpha value is -8.69. The number of carbonyl (C=O) groups is 11. The summed E-state index contributed by atoms with van der Waals surface area (Å²) in [4.78, 5) is 146. The van der Waals surface area contributed by atoms with E-state index >= 15 is 0 Å². The molecule has 8 atom stereocenters. The molecule has 1 aliphatic rings. The quantitative estimate of drug-likeness (QED) is 0.0271. The zero-order valence-corrected chi connectivity index (χ0v) is 43.5. The van der Waals surface area contributed by atoms with Gasteiger partial charge in [0.25, 0.3) is 0 Å². The molecule has 1 heterocycles. The average molecular weight is 1100 g/mol. The zero-order chi connectivity index (χ0) is 58.2. The van der Waals surface area contributed by atoms with Crippen molar-refractivity contribution in [3.63, 3.8) is 0 Å². The number of carboxylic acids is 1. The lowest BCUT2D eigenvalue weighted by Gasteiger charge is -2.30. The Balaban J connectivity index is 1.36. The Bertz CT molecular complexity index is 2610. The third-order valence-corrected chi connectivity index (χ3v) is 12.5. The molecule has 1 aliphatic heterocycles.